The van der Waals surface area contributed by atoms with Crippen molar-refractivity contribution in [1.82, 2.24) is 0 Å². The molecule has 2 N–H and O–H groups in total. The molecule has 4 rings (SSSR count). The highest BCUT2D eigenvalue weighted by molar-refractivity contribution is 5.92. The largest absolute Gasteiger partial charge is 0.595 e. The Morgan fingerprint density at radius 3 is 2.55 bits per heavy atom. The molecule has 0 aliphatic carbocycles. The van der Waals surface area contributed by atoms with Crippen molar-refractivity contribution in [2.75, 3.05) is 0 Å². The summed E-state index contributed by atoms with van der Waals surface area (Å²) in [6.07, 6.45) is 1.38. The molecule has 1 unspecified atom stereocenters. The second kappa shape index (κ2) is 7.69. The first-order valence-corrected chi connectivity index (χ1v) is 8.69. The SMILES string of the molecule is O=C(Oc1ccc2c(=O)c(-c3ccccc3)coc2c1)c1cccc([NH+]([O-])O)c1. The van der Waals surface area contributed by atoms with Gasteiger partial charge in [0.2, 0.25) is 0 Å². The third kappa shape index (κ3) is 3.78. The van der Waals surface area contributed by atoms with E-state index in [1.54, 1.807) is 0 Å². The van der Waals surface area contributed by atoms with Gasteiger partial charge in [0.15, 0.2) is 11.1 Å². The van der Waals surface area contributed by atoms with Gasteiger partial charge in [-0.05, 0) is 23.8 Å². The van der Waals surface area contributed by atoms with Gasteiger partial charge in [0, 0.05) is 18.2 Å². The van der Waals surface area contributed by atoms with Crippen LogP contribution >= 0.6 is 0 Å². The summed E-state index contributed by atoms with van der Waals surface area (Å²) >= 11 is 0. The number of hydrogen-bond donors (Lipinski definition) is 2. The first kappa shape index (κ1) is 18.6. The van der Waals surface area contributed by atoms with Crippen LogP contribution in [0.3, 0.4) is 0 Å². The van der Waals surface area contributed by atoms with E-state index in [4.69, 9.17) is 14.4 Å². The van der Waals surface area contributed by atoms with E-state index in [-0.39, 0.29) is 28.0 Å². The zero-order chi connectivity index (χ0) is 20.4. The Hall–Kier alpha value is -3.78. The van der Waals surface area contributed by atoms with Gasteiger partial charge in [0.05, 0.1) is 16.5 Å². The van der Waals surface area contributed by atoms with Crippen LogP contribution in [-0.2, 0) is 0 Å². The Labute approximate surface area is 164 Å². The van der Waals surface area contributed by atoms with Crippen LogP contribution in [0.25, 0.3) is 22.1 Å². The Bertz CT molecular complexity index is 1250. The van der Waals surface area contributed by atoms with Gasteiger partial charge < -0.3 is 14.4 Å². The summed E-state index contributed by atoms with van der Waals surface area (Å²) < 4.78 is 10.9. The highest BCUT2D eigenvalue weighted by Crippen LogP contribution is 2.23. The second-order valence-electron chi connectivity index (χ2n) is 6.28. The van der Waals surface area contributed by atoms with Crippen LogP contribution < -0.4 is 15.4 Å². The molecule has 4 aromatic rings. The number of hydrogen-bond acceptors (Lipinski definition) is 6. The first-order chi connectivity index (χ1) is 14.0. The van der Waals surface area contributed by atoms with E-state index in [2.05, 4.69) is 0 Å². The summed E-state index contributed by atoms with van der Waals surface area (Å²) in [6.45, 7) is 0. The lowest BCUT2D eigenvalue weighted by molar-refractivity contribution is -0.991. The molecular formula is C22H15NO6. The summed E-state index contributed by atoms with van der Waals surface area (Å²) in [5, 5.41) is 19.3. The number of carbonyl (C=O) groups excluding carboxylic acids is 1. The molecular weight excluding hydrogens is 374 g/mol. The molecule has 7 nitrogen and oxygen atoms in total. The molecule has 0 radical (unpaired) electrons. The fourth-order valence-corrected chi connectivity index (χ4v) is 2.93. The van der Waals surface area contributed by atoms with Crippen molar-refractivity contribution in [2.24, 2.45) is 0 Å². The number of benzene rings is 3. The van der Waals surface area contributed by atoms with Crippen LogP contribution in [0.2, 0.25) is 0 Å². The standard InChI is InChI=1S/C22H15NO6/c24-21-18-10-9-17(29-22(25)15-7-4-8-16(11-15)23(26)27)12-20(18)28-13-19(21)14-5-2-1-3-6-14/h1-13,23,26H. The number of quaternary nitrogens is 1. The third-order valence-electron chi connectivity index (χ3n) is 4.39. The summed E-state index contributed by atoms with van der Waals surface area (Å²) in [4.78, 5) is 25.1. The molecule has 1 atom stereocenters. The molecule has 3 aromatic carbocycles. The minimum atomic E-state index is -1.14. The van der Waals surface area contributed by atoms with Gasteiger partial charge in [-0.3, -0.25) is 4.79 Å². The Balaban J connectivity index is 1.64. The van der Waals surface area contributed by atoms with Crippen LogP contribution in [0.15, 0.2) is 88.3 Å². The third-order valence-corrected chi connectivity index (χ3v) is 4.39. The summed E-state index contributed by atoms with van der Waals surface area (Å²) in [6, 6.07) is 19.2. The Morgan fingerprint density at radius 1 is 1.00 bits per heavy atom. The van der Waals surface area contributed by atoms with Crippen LogP contribution in [0.4, 0.5) is 5.69 Å². The van der Waals surface area contributed by atoms with Crippen molar-refractivity contribution in [3.8, 4) is 16.9 Å². The number of carbonyl (C=O) groups is 1. The van der Waals surface area contributed by atoms with Gasteiger partial charge in [0.1, 0.15) is 17.6 Å². The Kier molecular flexibility index (Phi) is 4.92. The second-order valence-corrected chi connectivity index (χ2v) is 6.28. The van der Waals surface area contributed by atoms with Crippen molar-refractivity contribution in [3.63, 3.8) is 0 Å². The van der Waals surface area contributed by atoms with Gasteiger partial charge >= 0.3 is 5.97 Å². The van der Waals surface area contributed by atoms with E-state index in [0.717, 1.165) is 5.56 Å². The van der Waals surface area contributed by atoms with Crippen molar-refractivity contribution >= 4 is 22.6 Å². The molecule has 0 saturated heterocycles. The van der Waals surface area contributed by atoms with Crippen molar-refractivity contribution < 1.29 is 24.4 Å². The highest BCUT2D eigenvalue weighted by atomic mass is 16.8. The average Bonchev–Trinajstić information content (AvgIpc) is 2.74. The predicted molar refractivity (Wildman–Crippen MR) is 105 cm³/mol. The molecule has 7 heteroatoms. The molecule has 144 valence electrons. The zero-order valence-electron chi connectivity index (χ0n) is 15.0. The summed E-state index contributed by atoms with van der Waals surface area (Å²) in [5.74, 6) is -0.533. The van der Waals surface area contributed by atoms with Crippen molar-refractivity contribution in [1.29, 1.82) is 0 Å². The minimum absolute atomic E-state index is 0.0163. The smallest absolute Gasteiger partial charge is 0.343 e. The van der Waals surface area contributed by atoms with Gasteiger partial charge in [-0.15, -0.1) is 0 Å². The average molecular weight is 389 g/mol. The van der Waals surface area contributed by atoms with Crippen LogP contribution in [0, 0.1) is 5.21 Å². The van der Waals surface area contributed by atoms with E-state index >= 15 is 0 Å². The number of nitrogens with one attached hydrogen (secondary N) is 1. The molecule has 0 aliphatic heterocycles. The van der Waals surface area contributed by atoms with Crippen LogP contribution in [0.5, 0.6) is 5.75 Å². The first-order valence-electron chi connectivity index (χ1n) is 8.69. The van der Waals surface area contributed by atoms with Crippen LogP contribution in [-0.4, -0.2) is 11.2 Å². The summed E-state index contributed by atoms with van der Waals surface area (Å²) in [5.41, 5.74) is 1.36. The maximum Gasteiger partial charge on any atom is 0.343 e. The van der Waals surface area contributed by atoms with E-state index < -0.39 is 11.2 Å². The minimum Gasteiger partial charge on any atom is -0.595 e. The lowest BCUT2D eigenvalue weighted by Gasteiger charge is -2.12. The van der Waals surface area contributed by atoms with E-state index in [1.165, 1.54) is 48.7 Å². The zero-order valence-corrected chi connectivity index (χ0v) is 15.0. The highest BCUT2D eigenvalue weighted by Gasteiger charge is 2.14. The lowest BCUT2D eigenvalue weighted by Crippen LogP contribution is -2.99. The monoisotopic (exact) mass is 389 g/mol. The molecule has 0 aliphatic rings. The maximum atomic E-state index is 12.8. The molecule has 0 saturated carbocycles. The predicted octanol–water partition coefficient (Wildman–Crippen LogP) is 3.08. The fraction of sp³-hybridized carbons (Fsp3) is 0. The fourth-order valence-electron chi connectivity index (χ4n) is 2.93. The van der Waals surface area contributed by atoms with Gasteiger partial charge in [-0.25, -0.2) is 10.0 Å². The van der Waals surface area contributed by atoms with Gasteiger partial charge in [-0.2, -0.15) is 5.23 Å². The molecule has 0 fully saturated rings. The topological polar surface area (TPSA) is 104 Å². The molecule has 0 bridgehead atoms. The molecule has 0 amide bonds. The number of ether oxygens (including phenoxy) is 1. The molecule has 29 heavy (non-hydrogen) atoms. The molecule has 0 spiro atoms. The van der Waals surface area contributed by atoms with E-state index in [0.29, 0.717) is 10.9 Å². The number of fused-ring (bicyclic) bond motifs is 1. The molecule has 1 heterocycles. The number of esters is 1. The van der Waals surface area contributed by atoms with Gasteiger partial charge in [-0.1, -0.05) is 36.4 Å². The van der Waals surface area contributed by atoms with Crippen molar-refractivity contribution in [3.05, 3.63) is 100 Å². The maximum absolute atomic E-state index is 12.8. The molecule has 1 aromatic heterocycles. The van der Waals surface area contributed by atoms with Gasteiger partial charge in [0.25, 0.3) is 0 Å². The lowest BCUT2D eigenvalue weighted by atomic mass is 10.1. The summed E-state index contributed by atoms with van der Waals surface area (Å²) in [7, 11) is 0. The Morgan fingerprint density at radius 2 is 1.79 bits per heavy atom. The van der Waals surface area contributed by atoms with E-state index in [1.807, 2.05) is 30.3 Å². The number of rotatable bonds is 4. The normalized spacial score (nSPS) is 11.9. The van der Waals surface area contributed by atoms with Crippen LogP contribution in [0.1, 0.15) is 10.4 Å². The quantitative estimate of drug-likeness (QED) is 0.316. The van der Waals surface area contributed by atoms with E-state index in [9.17, 15) is 14.8 Å². The van der Waals surface area contributed by atoms with Crippen molar-refractivity contribution in [2.45, 2.75) is 0 Å².